The van der Waals surface area contributed by atoms with Crippen molar-refractivity contribution in [3.05, 3.63) is 40.4 Å². The van der Waals surface area contributed by atoms with E-state index in [4.69, 9.17) is 0 Å². The van der Waals surface area contributed by atoms with E-state index >= 15 is 0 Å². The van der Waals surface area contributed by atoms with Gasteiger partial charge in [-0.05, 0) is 31.0 Å². The molecule has 0 atom stereocenters. The Bertz CT molecular complexity index is 913. The molecule has 1 fully saturated rings. The first-order valence-corrected chi connectivity index (χ1v) is 10.9. The van der Waals surface area contributed by atoms with Crippen molar-refractivity contribution >= 4 is 31.6 Å². The lowest BCUT2D eigenvalue weighted by Crippen LogP contribution is -2.20. The maximum atomic E-state index is 14.1. The third-order valence-electron chi connectivity index (χ3n) is 4.57. The first-order valence-electron chi connectivity index (χ1n) is 8.65. The molecule has 0 amide bonds. The number of hydrogen-bond acceptors (Lipinski definition) is 3. The summed E-state index contributed by atoms with van der Waals surface area (Å²) in [5, 5.41) is 4.60. The first kappa shape index (κ1) is 19.4. The van der Waals surface area contributed by atoms with Crippen molar-refractivity contribution in [1.29, 1.82) is 0 Å². The zero-order valence-corrected chi connectivity index (χ0v) is 17.5. The van der Waals surface area contributed by atoms with Gasteiger partial charge in [0.15, 0.2) is 0 Å². The fourth-order valence-corrected chi connectivity index (χ4v) is 4.97. The molecule has 0 spiro atoms. The zero-order valence-electron chi connectivity index (χ0n) is 15.1. The minimum absolute atomic E-state index is 0.0818. The molecule has 142 valence electrons. The largest absolute Gasteiger partial charge is 0.277 e. The number of benzene rings is 1. The number of halogens is 2. The monoisotopic (exact) mass is 443 g/mol. The van der Waals surface area contributed by atoms with Gasteiger partial charge in [0.2, 0.25) is 0 Å². The van der Waals surface area contributed by atoms with Gasteiger partial charge in [-0.1, -0.05) is 49.5 Å². The molecular weight excluding hydrogens is 421 g/mol. The molecule has 3 rings (SSSR count). The number of hydrogen-bond donors (Lipinski definition) is 1. The van der Waals surface area contributed by atoms with Crippen LogP contribution in [-0.2, 0) is 15.4 Å². The summed E-state index contributed by atoms with van der Waals surface area (Å²) in [6.45, 7) is 5.77. The van der Waals surface area contributed by atoms with Gasteiger partial charge in [0.25, 0.3) is 10.0 Å². The van der Waals surface area contributed by atoms with Gasteiger partial charge in [-0.3, -0.25) is 9.40 Å². The van der Waals surface area contributed by atoms with Crippen molar-refractivity contribution in [2.75, 3.05) is 4.72 Å². The molecule has 1 aromatic carbocycles. The van der Waals surface area contributed by atoms with E-state index in [-0.39, 0.29) is 16.6 Å². The van der Waals surface area contributed by atoms with E-state index in [1.165, 1.54) is 12.1 Å². The molecule has 1 heterocycles. The molecule has 0 radical (unpaired) electrons. The highest BCUT2D eigenvalue weighted by molar-refractivity contribution is 9.10. The summed E-state index contributed by atoms with van der Waals surface area (Å²) in [4.78, 5) is 0.110. The van der Waals surface area contributed by atoms with E-state index in [0.29, 0.717) is 10.2 Å². The highest BCUT2D eigenvalue weighted by Crippen LogP contribution is 2.34. The van der Waals surface area contributed by atoms with Crippen molar-refractivity contribution in [2.45, 2.75) is 62.8 Å². The lowest BCUT2D eigenvalue weighted by atomic mass is 9.92. The van der Waals surface area contributed by atoms with Gasteiger partial charge in [-0.15, -0.1) is 0 Å². The molecule has 2 aromatic rings. The fourth-order valence-electron chi connectivity index (χ4n) is 3.22. The van der Waals surface area contributed by atoms with Gasteiger partial charge in [0, 0.05) is 16.1 Å². The maximum Gasteiger partial charge on any atom is 0.265 e. The molecule has 8 heteroatoms. The van der Waals surface area contributed by atoms with E-state index < -0.39 is 21.3 Å². The summed E-state index contributed by atoms with van der Waals surface area (Å²) >= 11 is 3.17. The quantitative estimate of drug-likeness (QED) is 0.722. The maximum absolute atomic E-state index is 14.1. The molecular formula is C18H23BrFN3O2S. The lowest BCUT2D eigenvalue weighted by Gasteiger charge is -2.18. The molecule has 5 nitrogen and oxygen atoms in total. The average Bonchev–Trinajstić information content (AvgIpc) is 3.17. The lowest BCUT2D eigenvalue weighted by molar-refractivity contribution is 0.448. The van der Waals surface area contributed by atoms with Gasteiger partial charge < -0.3 is 0 Å². The van der Waals surface area contributed by atoms with Crippen molar-refractivity contribution in [1.82, 2.24) is 9.78 Å². The molecule has 0 bridgehead atoms. The third-order valence-corrected chi connectivity index (χ3v) is 6.43. The van der Waals surface area contributed by atoms with Crippen LogP contribution in [0, 0.1) is 5.82 Å². The number of nitrogens with zero attached hydrogens (tertiary/aromatic N) is 2. The Labute approximate surface area is 162 Å². The molecule has 1 saturated carbocycles. The Kier molecular flexibility index (Phi) is 5.18. The van der Waals surface area contributed by atoms with Gasteiger partial charge in [0.1, 0.15) is 10.7 Å². The number of anilines is 1. The summed E-state index contributed by atoms with van der Waals surface area (Å²) in [6.07, 6.45) is 5.84. The van der Waals surface area contributed by atoms with Crippen LogP contribution in [0.3, 0.4) is 0 Å². The summed E-state index contributed by atoms with van der Waals surface area (Å²) in [5.74, 6) is -0.636. The summed E-state index contributed by atoms with van der Waals surface area (Å²) in [5.41, 5.74) is -0.0391. The SMILES string of the molecule is CC(C)(C)c1nn(C2CCCC2)cc1S(=O)(=O)Nc1ccc(Br)cc1F. The molecule has 0 aliphatic heterocycles. The Hall–Kier alpha value is -1.41. The van der Waals surface area contributed by atoms with Crippen LogP contribution in [0.4, 0.5) is 10.1 Å². The van der Waals surface area contributed by atoms with Gasteiger partial charge >= 0.3 is 0 Å². The van der Waals surface area contributed by atoms with Gasteiger partial charge in [0.05, 0.1) is 17.4 Å². The van der Waals surface area contributed by atoms with Crippen molar-refractivity contribution in [3.63, 3.8) is 0 Å². The Morgan fingerprint density at radius 3 is 2.50 bits per heavy atom. The second-order valence-corrected chi connectivity index (χ2v) is 10.3. The smallest absolute Gasteiger partial charge is 0.265 e. The van der Waals surface area contributed by atoms with E-state index in [2.05, 4.69) is 25.8 Å². The molecule has 0 saturated heterocycles. The molecule has 0 unspecified atom stereocenters. The minimum Gasteiger partial charge on any atom is -0.277 e. The molecule has 1 aromatic heterocycles. The molecule has 1 aliphatic rings. The van der Waals surface area contributed by atoms with Crippen LogP contribution in [0.25, 0.3) is 0 Å². The Balaban J connectivity index is 2.02. The summed E-state index contributed by atoms with van der Waals surface area (Å²) < 4.78 is 44.8. The van der Waals surface area contributed by atoms with E-state index in [1.807, 2.05) is 20.8 Å². The predicted octanol–water partition coefficient (Wildman–Crippen LogP) is 5.00. The van der Waals surface area contributed by atoms with Crippen molar-refractivity contribution < 1.29 is 12.8 Å². The topological polar surface area (TPSA) is 64.0 Å². The van der Waals surface area contributed by atoms with E-state index in [9.17, 15) is 12.8 Å². The second-order valence-electron chi connectivity index (χ2n) is 7.74. The third kappa shape index (κ3) is 3.96. The number of nitrogens with one attached hydrogen (secondary N) is 1. The number of aromatic nitrogens is 2. The van der Waals surface area contributed by atoms with E-state index in [1.54, 1.807) is 16.9 Å². The van der Waals surface area contributed by atoms with Gasteiger partial charge in [-0.25, -0.2) is 12.8 Å². The van der Waals surface area contributed by atoms with Gasteiger partial charge in [-0.2, -0.15) is 5.10 Å². The average molecular weight is 444 g/mol. The Morgan fingerprint density at radius 1 is 1.27 bits per heavy atom. The van der Waals surface area contributed by atoms with Crippen LogP contribution in [0.15, 0.2) is 33.8 Å². The van der Waals surface area contributed by atoms with Crippen LogP contribution in [0.1, 0.15) is 58.2 Å². The molecule has 26 heavy (non-hydrogen) atoms. The first-order chi connectivity index (χ1) is 12.1. The normalized spacial score (nSPS) is 16.2. The highest BCUT2D eigenvalue weighted by atomic mass is 79.9. The van der Waals surface area contributed by atoms with Crippen LogP contribution >= 0.6 is 15.9 Å². The fraction of sp³-hybridized carbons (Fsp3) is 0.500. The molecule has 1 aliphatic carbocycles. The highest BCUT2D eigenvalue weighted by Gasteiger charge is 2.32. The summed E-state index contributed by atoms with van der Waals surface area (Å²) in [7, 11) is -3.96. The number of rotatable bonds is 4. The zero-order chi connectivity index (χ0) is 19.1. The standard InChI is InChI=1S/C18H23BrFN3O2S/c1-18(2,3)17-16(11-23(21-17)13-6-4-5-7-13)26(24,25)22-15-9-8-12(19)10-14(15)20/h8-11,13,22H,4-7H2,1-3H3. The van der Waals surface area contributed by atoms with Crippen LogP contribution in [0.5, 0.6) is 0 Å². The predicted molar refractivity (Wildman–Crippen MR) is 103 cm³/mol. The minimum atomic E-state index is -3.96. The van der Waals surface area contributed by atoms with Crippen molar-refractivity contribution in [2.24, 2.45) is 0 Å². The summed E-state index contributed by atoms with van der Waals surface area (Å²) in [6, 6.07) is 4.44. The number of sulfonamides is 1. The van der Waals surface area contributed by atoms with Crippen molar-refractivity contribution in [3.8, 4) is 0 Å². The van der Waals surface area contributed by atoms with Crippen LogP contribution in [-0.4, -0.2) is 18.2 Å². The van der Waals surface area contributed by atoms with Crippen LogP contribution in [0.2, 0.25) is 0 Å². The van der Waals surface area contributed by atoms with E-state index in [0.717, 1.165) is 25.7 Å². The second kappa shape index (κ2) is 6.96. The Morgan fingerprint density at radius 2 is 1.92 bits per heavy atom. The molecule has 1 N–H and O–H groups in total. The van der Waals surface area contributed by atoms with Crippen LogP contribution < -0.4 is 4.72 Å².